The van der Waals surface area contributed by atoms with E-state index in [0.29, 0.717) is 5.69 Å². The number of aliphatic hydroxyl groups is 1. The molecular weight excluding hydrogens is 250 g/mol. The number of hydrogen-bond acceptors (Lipinski definition) is 2. The molecule has 106 valence electrons. The van der Waals surface area contributed by atoms with Gasteiger partial charge in [-0.25, -0.2) is 0 Å². The number of rotatable bonds is 2. The summed E-state index contributed by atoms with van der Waals surface area (Å²) in [7, 11) is 0. The number of benzene rings is 1. The largest absolute Gasteiger partial charge is 0.384 e. The van der Waals surface area contributed by atoms with Crippen molar-refractivity contribution in [2.45, 2.75) is 27.7 Å². The van der Waals surface area contributed by atoms with E-state index < -0.39 is 0 Å². The molecule has 0 aliphatic heterocycles. The summed E-state index contributed by atoms with van der Waals surface area (Å²) in [5.41, 5.74) is 1.47. The summed E-state index contributed by atoms with van der Waals surface area (Å²) < 4.78 is 0. The van der Waals surface area contributed by atoms with Gasteiger partial charge in [0.05, 0.1) is 5.69 Å². The molecule has 0 unspecified atom stereocenters. The molecule has 1 saturated carbocycles. The van der Waals surface area contributed by atoms with E-state index in [-0.39, 0.29) is 29.3 Å². The highest BCUT2D eigenvalue weighted by atomic mass is 16.2. The molecule has 1 amide bonds. The van der Waals surface area contributed by atoms with Gasteiger partial charge in [-0.15, -0.1) is 0 Å². The van der Waals surface area contributed by atoms with E-state index >= 15 is 0 Å². The molecule has 3 nitrogen and oxygen atoms in total. The highest BCUT2D eigenvalue weighted by Crippen LogP contribution is 2.68. The van der Waals surface area contributed by atoms with Crippen LogP contribution >= 0.6 is 0 Å². The maximum absolute atomic E-state index is 12.4. The van der Waals surface area contributed by atoms with Crippen LogP contribution in [0.2, 0.25) is 0 Å². The van der Waals surface area contributed by atoms with Crippen LogP contribution in [0.3, 0.4) is 0 Å². The Balaban J connectivity index is 2.18. The van der Waals surface area contributed by atoms with Gasteiger partial charge in [-0.1, -0.05) is 51.7 Å². The molecule has 0 saturated heterocycles. The third-order valence-electron chi connectivity index (χ3n) is 4.77. The first-order chi connectivity index (χ1) is 9.32. The van der Waals surface area contributed by atoms with Crippen molar-refractivity contribution in [1.82, 2.24) is 0 Å². The highest BCUT2D eigenvalue weighted by molar-refractivity contribution is 5.97. The summed E-state index contributed by atoms with van der Waals surface area (Å²) in [4.78, 5) is 12.4. The van der Waals surface area contributed by atoms with Crippen molar-refractivity contribution in [2.24, 2.45) is 16.7 Å². The van der Waals surface area contributed by atoms with Crippen molar-refractivity contribution < 1.29 is 9.90 Å². The summed E-state index contributed by atoms with van der Waals surface area (Å²) in [6.07, 6.45) is 0. The third kappa shape index (κ3) is 2.32. The Hall–Kier alpha value is -1.79. The zero-order chi connectivity index (χ0) is 15.0. The molecule has 0 radical (unpaired) electrons. The van der Waals surface area contributed by atoms with Crippen LogP contribution < -0.4 is 5.32 Å². The van der Waals surface area contributed by atoms with Crippen molar-refractivity contribution in [3.63, 3.8) is 0 Å². The first-order valence-corrected chi connectivity index (χ1v) is 6.82. The van der Waals surface area contributed by atoms with Crippen LogP contribution in [0, 0.1) is 28.6 Å². The molecule has 0 heterocycles. The fourth-order valence-electron chi connectivity index (χ4n) is 2.89. The third-order valence-corrected chi connectivity index (χ3v) is 4.77. The Morgan fingerprint density at radius 3 is 2.40 bits per heavy atom. The lowest BCUT2D eigenvalue weighted by molar-refractivity contribution is -0.118. The average Bonchev–Trinajstić information content (AvgIpc) is 2.78. The molecule has 0 atom stereocenters. The van der Waals surface area contributed by atoms with E-state index in [0.717, 1.165) is 5.56 Å². The van der Waals surface area contributed by atoms with Gasteiger partial charge in [0.1, 0.15) is 6.61 Å². The first kappa shape index (κ1) is 14.6. The van der Waals surface area contributed by atoms with Crippen LogP contribution in [0.15, 0.2) is 24.3 Å². The van der Waals surface area contributed by atoms with Crippen molar-refractivity contribution in [3.8, 4) is 11.8 Å². The Morgan fingerprint density at radius 2 is 1.85 bits per heavy atom. The number of anilines is 1. The minimum Gasteiger partial charge on any atom is -0.384 e. The van der Waals surface area contributed by atoms with E-state index in [9.17, 15) is 4.79 Å². The molecule has 0 aromatic heterocycles. The van der Waals surface area contributed by atoms with Crippen LogP contribution in [-0.4, -0.2) is 17.6 Å². The maximum atomic E-state index is 12.4. The summed E-state index contributed by atoms with van der Waals surface area (Å²) >= 11 is 0. The number of hydrogen-bond donors (Lipinski definition) is 2. The highest BCUT2D eigenvalue weighted by Gasteiger charge is 2.68. The summed E-state index contributed by atoms with van der Waals surface area (Å²) in [5.74, 6) is 5.51. The molecule has 1 fully saturated rings. The van der Waals surface area contributed by atoms with Crippen molar-refractivity contribution in [1.29, 1.82) is 0 Å². The summed E-state index contributed by atoms with van der Waals surface area (Å²) in [6, 6.07) is 7.40. The minimum absolute atomic E-state index is 0.00820. The molecule has 20 heavy (non-hydrogen) atoms. The normalized spacial score (nSPS) is 18.9. The van der Waals surface area contributed by atoms with E-state index in [2.05, 4.69) is 44.9 Å². The zero-order valence-electron chi connectivity index (χ0n) is 12.4. The molecule has 2 rings (SSSR count). The van der Waals surface area contributed by atoms with Gasteiger partial charge in [-0.05, 0) is 23.0 Å². The topological polar surface area (TPSA) is 49.3 Å². The van der Waals surface area contributed by atoms with E-state index in [1.807, 2.05) is 24.3 Å². The second kappa shape index (κ2) is 4.96. The maximum Gasteiger partial charge on any atom is 0.228 e. The molecule has 0 spiro atoms. The van der Waals surface area contributed by atoms with Gasteiger partial charge in [-0.2, -0.15) is 0 Å². The van der Waals surface area contributed by atoms with Gasteiger partial charge in [0, 0.05) is 11.5 Å². The van der Waals surface area contributed by atoms with Crippen LogP contribution in [0.5, 0.6) is 0 Å². The second-order valence-electron chi connectivity index (χ2n) is 6.37. The van der Waals surface area contributed by atoms with Gasteiger partial charge in [-0.3, -0.25) is 4.79 Å². The van der Waals surface area contributed by atoms with E-state index in [1.165, 1.54) is 0 Å². The van der Waals surface area contributed by atoms with E-state index in [1.54, 1.807) is 0 Å². The monoisotopic (exact) mass is 271 g/mol. The minimum atomic E-state index is -0.190. The van der Waals surface area contributed by atoms with Gasteiger partial charge in [0.2, 0.25) is 5.91 Å². The molecule has 2 N–H and O–H groups in total. The molecule has 1 aromatic carbocycles. The smallest absolute Gasteiger partial charge is 0.228 e. The first-order valence-electron chi connectivity index (χ1n) is 6.82. The van der Waals surface area contributed by atoms with Crippen LogP contribution in [-0.2, 0) is 4.79 Å². The molecule has 3 heteroatoms. The van der Waals surface area contributed by atoms with Crippen molar-refractivity contribution >= 4 is 11.6 Å². The lowest BCUT2D eigenvalue weighted by Gasteiger charge is -2.08. The average molecular weight is 271 g/mol. The van der Waals surface area contributed by atoms with Gasteiger partial charge >= 0.3 is 0 Å². The lowest BCUT2D eigenvalue weighted by atomic mass is 10.0. The number of aliphatic hydroxyl groups excluding tert-OH is 1. The van der Waals surface area contributed by atoms with Crippen molar-refractivity contribution in [3.05, 3.63) is 29.8 Å². The van der Waals surface area contributed by atoms with Crippen LogP contribution in [0.4, 0.5) is 5.69 Å². The van der Waals surface area contributed by atoms with Crippen molar-refractivity contribution in [2.75, 3.05) is 11.9 Å². The Labute approximate surface area is 120 Å². The number of carbonyl (C=O) groups excluding carboxylic acids is 1. The predicted octanol–water partition coefficient (Wildman–Crippen LogP) is 2.65. The Kier molecular flexibility index (Phi) is 3.62. The van der Waals surface area contributed by atoms with Gasteiger partial charge in [0.25, 0.3) is 0 Å². The zero-order valence-corrected chi connectivity index (χ0v) is 12.4. The Bertz CT molecular complexity index is 576. The molecular formula is C17H21NO2. The number of carbonyl (C=O) groups is 1. The number of amides is 1. The Morgan fingerprint density at radius 1 is 1.25 bits per heavy atom. The molecule has 1 aromatic rings. The molecule has 1 aliphatic rings. The second-order valence-corrected chi connectivity index (χ2v) is 6.37. The van der Waals surface area contributed by atoms with Gasteiger partial charge in [0.15, 0.2) is 0 Å². The standard InChI is InChI=1S/C17H21NO2/c1-16(2)14(17(16,3)4)15(20)18-13-10-6-5-8-12(13)9-7-11-19/h5-6,8,10,14,19H,11H2,1-4H3,(H,18,20). The summed E-state index contributed by atoms with van der Waals surface area (Å²) in [5, 5.41) is 11.7. The predicted molar refractivity (Wildman–Crippen MR) is 80.1 cm³/mol. The molecule has 0 bridgehead atoms. The van der Waals surface area contributed by atoms with Gasteiger partial charge < -0.3 is 10.4 Å². The van der Waals surface area contributed by atoms with Crippen LogP contribution in [0.1, 0.15) is 33.3 Å². The number of para-hydroxylation sites is 1. The van der Waals surface area contributed by atoms with E-state index in [4.69, 9.17) is 5.11 Å². The fourth-order valence-corrected chi connectivity index (χ4v) is 2.89. The van der Waals surface area contributed by atoms with Crippen LogP contribution in [0.25, 0.3) is 0 Å². The molecule has 1 aliphatic carbocycles. The quantitative estimate of drug-likeness (QED) is 0.812. The summed E-state index contributed by atoms with van der Waals surface area (Å²) in [6.45, 7) is 8.29. The lowest BCUT2D eigenvalue weighted by Crippen LogP contribution is -2.18. The fraction of sp³-hybridized carbons (Fsp3) is 0.471. The number of nitrogens with one attached hydrogen (secondary N) is 1. The SMILES string of the molecule is CC1(C)C(C(=O)Nc2ccccc2C#CCO)C1(C)C.